The first-order valence-corrected chi connectivity index (χ1v) is 11.1. The number of methoxy groups -OCH3 is 1. The third-order valence-electron chi connectivity index (χ3n) is 5.97. The molecule has 32 heavy (non-hydrogen) atoms. The van der Waals surface area contributed by atoms with Crippen LogP contribution in [0.4, 0.5) is 5.82 Å². The number of aromatic nitrogens is 2. The van der Waals surface area contributed by atoms with Gasteiger partial charge in [-0.25, -0.2) is 0 Å². The topological polar surface area (TPSA) is 78.9 Å². The maximum Gasteiger partial charge on any atom is 0.249 e. The van der Waals surface area contributed by atoms with E-state index in [-0.39, 0.29) is 31.0 Å². The van der Waals surface area contributed by atoms with Gasteiger partial charge >= 0.3 is 0 Å². The highest BCUT2D eigenvalue weighted by Crippen LogP contribution is 2.20. The van der Waals surface area contributed by atoms with Crippen LogP contribution in [-0.2, 0) is 14.3 Å². The number of ether oxygens (including phenoxy) is 1. The molecule has 2 aromatic rings. The van der Waals surface area contributed by atoms with Gasteiger partial charge in [-0.15, -0.1) is 10.2 Å². The molecule has 3 rings (SSSR count). The van der Waals surface area contributed by atoms with Crippen molar-refractivity contribution < 1.29 is 14.3 Å². The first kappa shape index (κ1) is 23.7. The second-order valence-electron chi connectivity index (χ2n) is 8.22. The quantitative estimate of drug-likeness (QED) is 0.628. The number of nitrogens with zero attached hydrogens (tertiary/aromatic N) is 5. The molecular weight excluding hydrogens is 406 g/mol. The molecule has 0 spiro atoms. The molecule has 1 fully saturated rings. The molecule has 1 saturated heterocycles. The number of carbonyl (C=O) groups is 2. The normalized spacial score (nSPS) is 14.9. The lowest BCUT2D eigenvalue weighted by Gasteiger charge is -2.37. The summed E-state index contributed by atoms with van der Waals surface area (Å²) in [5, 5.41) is 8.79. The smallest absolute Gasteiger partial charge is 0.249 e. The summed E-state index contributed by atoms with van der Waals surface area (Å²) in [4.78, 5) is 30.8. The fourth-order valence-electron chi connectivity index (χ4n) is 3.72. The number of hydrogen-bond acceptors (Lipinski definition) is 6. The van der Waals surface area contributed by atoms with Crippen LogP contribution in [-0.4, -0.2) is 84.3 Å². The molecule has 172 valence electrons. The summed E-state index contributed by atoms with van der Waals surface area (Å²) in [5.41, 5.74) is 3.09. The number of amides is 2. The van der Waals surface area contributed by atoms with Crippen molar-refractivity contribution in [2.45, 2.75) is 33.2 Å². The first-order chi connectivity index (χ1) is 15.4. The molecule has 0 bridgehead atoms. The zero-order valence-electron chi connectivity index (χ0n) is 19.5. The van der Waals surface area contributed by atoms with E-state index in [4.69, 9.17) is 4.74 Å². The molecular formula is C24H33N5O3. The Kier molecular flexibility index (Phi) is 8.16. The zero-order chi connectivity index (χ0) is 23.1. The molecule has 8 nitrogen and oxygen atoms in total. The molecule has 1 aliphatic heterocycles. The van der Waals surface area contributed by atoms with Crippen LogP contribution in [0.5, 0.6) is 0 Å². The Hall–Kier alpha value is -3.00. The van der Waals surface area contributed by atoms with Crippen molar-refractivity contribution in [2.75, 3.05) is 51.3 Å². The highest BCUT2D eigenvalue weighted by molar-refractivity contribution is 5.85. The first-order valence-electron chi connectivity index (χ1n) is 11.1. The Balaban J connectivity index is 1.56. The molecule has 1 atom stereocenters. The largest absolute Gasteiger partial charge is 0.375 e. The summed E-state index contributed by atoms with van der Waals surface area (Å²) >= 11 is 0. The van der Waals surface area contributed by atoms with Crippen LogP contribution in [0.1, 0.15) is 25.8 Å². The molecule has 0 N–H and O–H groups in total. The van der Waals surface area contributed by atoms with Crippen LogP contribution in [0.2, 0.25) is 0 Å². The van der Waals surface area contributed by atoms with Gasteiger partial charge in [-0.1, -0.05) is 36.8 Å². The number of hydrogen-bond donors (Lipinski definition) is 0. The van der Waals surface area contributed by atoms with Gasteiger partial charge < -0.3 is 19.4 Å². The van der Waals surface area contributed by atoms with E-state index >= 15 is 0 Å². The summed E-state index contributed by atoms with van der Waals surface area (Å²) in [7, 11) is 1.49. The molecule has 8 heteroatoms. The van der Waals surface area contributed by atoms with Crippen LogP contribution < -0.4 is 4.90 Å². The molecule has 0 unspecified atom stereocenters. The van der Waals surface area contributed by atoms with E-state index < -0.39 is 0 Å². The minimum Gasteiger partial charge on any atom is -0.375 e. The van der Waals surface area contributed by atoms with E-state index in [1.54, 1.807) is 4.90 Å². The minimum atomic E-state index is -0.155. The van der Waals surface area contributed by atoms with Crippen molar-refractivity contribution >= 4 is 17.6 Å². The van der Waals surface area contributed by atoms with Gasteiger partial charge in [-0.2, -0.15) is 0 Å². The third-order valence-corrected chi connectivity index (χ3v) is 5.97. The standard InChI is InChI=1S/C24H33N5O3/c1-5-19(3)29(24(31)17-32-4)16-23(30)28-14-12-27(13-15-28)22-11-10-21(25-26-22)20-8-6-18(2)7-9-20/h6-11,19H,5,12-17H2,1-4H3/t19-/m1/s1. The highest BCUT2D eigenvalue weighted by atomic mass is 16.5. The van der Waals surface area contributed by atoms with Gasteiger partial charge in [-0.3, -0.25) is 9.59 Å². The Morgan fingerprint density at radius 3 is 2.31 bits per heavy atom. The lowest BCUT2D eigenvalue weighted by Crippen LogP contribution is -2.53. The van der Waals surface area contributed by atoms with Crippen molar-refractivity contribution in [3.8, 4) is 11.3 Å². The summed E-state index contributed by atoms with van der Waals surface area (Å²) in [6.45, 7) is 8.64. The molecule has 1 aromatic carbocycles. The van der Waals surface area contributed by atoms with Crippen molar-refractivity contribution in [2.24, 2.45) is 0 Å². The Morgan fingerprint density at radius 2 is 1.75 bits per heavy atom. The monoisotopic (exact) mass is 439 g/mol. The molecule has 1 aliphatic rings. The highest BCUT2D eigenvalue weighted by Gasteiger charge is 2.27. The van der Waals surface area contributed by atoms with Crippen LogP contribution in [0, 0.1) is 6.92 Å². The van der Waals surface area contributed by atoms with Gasteiger partial charge in [0.05, 0.1) is 5.69 Å². The minimum absolute atomic E-state index is 0.00907. The van der Waals surface area contributed by atoms with Crippen molar-refractivity contribution in [3.63, 3.8) is 0 Å². The summed E-state index contributed by atoms with van der Waals surface area (Å²) in [6, 6.07) is 12.2. The fraction of sp³-hybridized carbons (Fsp3) is 0.500. The second kappa shape index (κ2) is 11.0. The maximum atomic E-state index is 12.9. The predicted molar refractivity (Wildman–Crippen MR) is 124 cm³/mol. The average molecular weight is 440 g/mol. The van der Waals surface area contributed by atoms with Gasteiger partial charge in [0.2, 0.25) is 11.8 Å². The second-order valence-corrected chi connectivity index (χ2v) is 8.22. The fourth-order valence-corrected chi connectivity index (χ4v) is 3.72. The van der Waals surface area contributed by atoms with Crippen molar-refractivity contribution in [3.05, 3.63) is 42.0 Å². The van der Waals surface area contributed by atoms with Crippen LogP contribution in [0.25, 0.3) is 11.3 Å². The molecule has 0 saturated carbocycles. The summed E-state index contributed by atoms with van der Waals surface area (Å²) in [5.74, 6) is 0.623. The van der Waals surface area contributed by atoms with E-state index in [1.807, 2.05) is 43.0 Å². The number of benzene rings is 1. The third kappa shape index (κ3) is 5.82. The predicted octanol–water partition coefficient (Wildman–Crippen LogP) is 2.37. The Labute approximate surface area is 190 Å². The average Bonchev–Trinajstić information content (AvgIpc) is 2.82. The molecule has 0 radical (unpaired) electrons. The summed E-state index contributed by atoms with van der Waals surface area (Å²) in [6.07, 6.45) is 0.785. The zero-order valence-corrected chi connectivity index (χ0v) is 19.5. The van der Waals surface area contributed by atoms with Gasteiger partial charge in [0.15, 0.2) is 5.82 Å². The van der Waals surface area contributed by atoms with Gasteiger partial charge in [0, 0.05) is 44.9 Å². The van der Waals surface area contributed by atoms with Gasteiger partial charge in [0.25, 0.3) is 0 Å². The number of aryl methyl sites for hydroxylation is 1. The molecule has 0 aliphatic carbocycles. The molecule has 1 aromatic heterocycles. The van der Waals surface area contributed by atoms with E-state index in [0.717, 1.165) is 23.5 Å². The van der Waals surface area contributed by atoms with E-state index in [1.165, 1.54) is 12.7 Å². The van der Waals surface area contributed by atoms with Crippen LogP contribution in [0.3, 0.4) is 0 Å². The lowest BCUT2D eigenvalue weighted by molar-refractivity contribution is -0.144. The SMILES string of the molecule is CC[C@@H](C)N(CC(=O)N1CCN(c2ccc(-c3ccc(C)cc3)nn2)CC1)C(=O)COC. The van der Waals surface area contributed by atoms with E-state index in [2.05, 4.69) is 34.2 Å². The Morgan fingerprint density at radius 1 is 1.06 bits per heavy atom. The number of piperazine rings is 1. The van der Waals surface area contributed by atoms with E-state index in [9.17, 15) is 9.59 Å². The maximum absolute atomic E-state index is 12.9. The Bertz CT molecular complexity index is 893. The van der Waals surface area contributed by atoms with Gasteiger partial charge in [-0.05, 0) is 32.4 Å². The van der Waals surface area contributed by atoms with Crippen LogP contribution >= 0.6 is 0 Å². The van der Waals surface area contributed by atoms with E-state index in [0.29, 0.717) is 26.2 Å². The number of carbonyl (C=O) groups excluding carboxylic acids is 2. The number of rotatable bonds is 8. The van der Waals surface area contributed by atoms with Gasteiger partial charge in [0.1, 0.15) is 13.2 Å². The van der Waals surface area contributed by atoms with Crippen LogP contribution in [0.15, 0.2) is 36.4 Å². The number of anilines is 1. The van der Waals surface area contributed by atoms with Crippen molar-refractivity contribution in [1.82, 2.24) is 20.0 Å². The summed E-state index contributed by atoms with van der Waals surface area (Å²) < 4.78 is 4.98. The molecule has 2 heterocycles. The molecule has 2 amide bonds. The lowest BCUT2D eigenvalue weighted by atomic mass is 10.1. The van der Waals surface area contributed by atoms with Crippen molar-refractivity contribution in [1.29, 1.82) is 0 Å².